The maximum atomic E-state index is 11.9. The number of primary amides is 1. The molecule has 0 unspecified atom stereocenters. The van der Waals surface area contributed by atoms with Gasteiger partial charge in [0.2, 0.25) is 5.95 Å². The Morgan fingerprint density at radius 1 is 1.27 bits per heavy atom. The molecule has 0 aliphatic carbocycles. The van der Waals surface area contributed by atoms with E-state index in [1.165, 1.54) is 6.20 Å². The van der Waals surface area contributed by atoms with Crippen LogP contribution in [0.5, 0.6) is 5.75 Å². The van der Waals surface area contributed by atoms with Crippen LogP contribution in [0.25, 0.3) is 11.0 Å². The summed E-state index contributed by atoms with van der Waals surface area (Å²) in [6.07, 6.45) is 4.34. The highest BCUT2D eigenvalue weighted by atomic mass is 16.5. The van der Waals surface area contributed by atoms with Crippen LogP contribution in [-0.4, -0.2) is 50.2 Å². The van der Waals surface area contributed by atoms with Crippen LogP contribution in [0, 0.1) is 0 Å². The van der Waals surface area contributed by atoms with Crippen LogP contribution in [0.2, 0.25) is 0 Å². The standard InChI is InChI=1S/C22H22N8O3/c23-19(32)16-10-28-22(29-13-1-2-18-17(7-13)26-9-14(31)11-33-18)30-21(16)27-8-12-3-5-24-20-15(12)4-6-25-20/h1-7,10,14,26,31H,8-9,11H2,(H2,23,32)(H,24,25)(H2,27,28,29,30)/t14-/m0/s1. The van der Waals surface area contributed by atoms with Crippen molar-refractivity contribution in [3.8, 4) is 5.75 Å². The lowest BCUT2D eigenvalue weighted by molar-refractivity contribution is 0.100. The fourth-order valence-corrected chi connectivity index (χ4v) is 3.58. The molecule has 4 aromatic rings. The SMILES string of the molecule is NC(=O)c1cnc(Nc2ccc3c(c2)NC[C@H](O)CO3)nc1NCc1ccnc2[nH]ccc12. The average Bonchev–Trinajstić information content (AvgIpc) is 3.22. The number of H-pyrrole nitrogens is 1. The first-order valence-corrected chi connectivity index (χ1v) is 10.3. The Morgan fingerprint density at radius 2 is 2.18 bits per heavy atom. The number of amides is 1. The maximum Gasteiger partial charge on any atom is 0.254 e. The molecule has 11 nitrogen and oxygen atoms in total. The molecule has 1 amide bonds. The Balaban J connectivity index is 1.38. The van der Waals surface area contributed by atoms with Crippen molar-refractivity contribution < 1.29 is 14.6 Å². The van der Waals surface area contributed by atoms with Crippen molar-refractivity contribution in [3.63, 3.8) is 0 Å². The molecule has 0 bridgehead atoms. The van der Waals surface area contributed by atoms with E-state index in [0.717, 1.165) is 22.3 Å². The van der Waals surface area contributed by atoms with Crippen molar-refractivity contribution in [2.24, 2.45) is 5.73 Å². The zero-order valence-electron chi connectivity index (χ0n) is 17.5. The number of β-amino-alcohol motifs (C(OH)–C–C–N with tert-alkyl or cyclic N) is 1. The Hall–Kier alpha value is -4.38. The van der Waals surface area contributed by atoms with Crippen LogP contribution in [0.1, 0.15) is 15.9 Å². The van der Waals surface area contributed by atoms with E-state index in [1.807, 2.05) is 30.5 Å². The van der Waals surface area contributed by atoms with E-state index in [4.69, 9.17) is 10.5 Å². The summed E-state index contributed by atoms with van der Waals surface area (Å²) in [6.45, 7) is 1.03. The van der Waals surface area contributed by atoms with E-state index >= 15 is 0 Å². The number of nitrogens with two attached hydrogens (primary N) is 1. The number of hydrogen-bond donors (Lipinski definition) is 6. The molecule has 1 aromatic carbocycles. The molecular formula is C22H22N8O3. The number of nitrogens with zero attached hydrogens (tertiary/aromatic N) is 3. The van der Waals surface area contributed by atoms with Gasteiger partial charge in [0.15, 0.2) is 0 Å². The topological polar surface area (TPSA) is 163 Å². The van der Waals surface area contributed by atoms with Crippen molar-refractivity contribution in [1.82, 2.24) is 19.9 Å². The number of ether oxygens (including phenoxy) is 1. The van der Waals surface area contributed by atoms with Gasteiger partial charge >= 0.3 is 0 Å². The minimum Gasteiger partial charge on any atom is -0.489 e. The van der Waals surface area contributed by atoms with Gasteiger partial charge in [0, 0.05) is 42.8 Å². The van der Waals surface area contributed by atoms with Crippen molar-refractivity contribution in [2.45, 2.75) is 12.6 Å². The monoisotopic (exact) mass is 446 g/mol. The lowest BCUT2D eigenvalue weighted by Gasteiger charge is -2.13. The number of nitrogens with one attached hydrogen (secondary N) is 4. The smallest absolute Gasteiger partial charge is 0.254 e. The number of fused-ring (bicyclic) bond motifs is 2. The van der Waals surface area contributed by atoms with Gasteiger partial charge in [-0.3, -0.25) is 4.79 Å². The second kappa shape index (κ2) is 8.63. The summed E-state index contributed by atoms with van der Waals surface area (Å²) in [5.74, 6) is 0.631. The number of benzene rings is 1. The fourth-order valence-electron chi connectivity index (χ4n) is 3.58. The van der Waals surface area contributed by atoms with Gasteiger partial charge in [-0.15, -0.1) is 0 Å². The minimum absolute atomic E-state index is 0.186. The van der Waals surface area contributed by atoms with E-state index in [1.54, 1.807) is 12.3 Å². The fraction of sp³-hybridized carbons (Fsp3) is 0.182. The quantitative estimate of drug-likeness (QED) is 0.260. The minimum atomic E-state index is -0.629. The largest absolute Gasteiger partial charge is 0.489 e. The number of pyridine rings is 1. The van der Waals surface area contributed by atoms with E-state index in [-0.39, 0.29) is 12.2 Å². The van der Waals surface area contributed by atoms with Crippen molar-refractivity contribution in [2.75, 3.05) is 29.1 Å². The molecule has 168 valence electrons. The number of aromatic amines is 1. The van der Waals surface area contributed by atoms with Crippen molar-refractivity contribution in [1.29, 1.82) is 0 Å². The van der Waals surface area contributed by atoms with Crippen LogP contribution < -0.4 is 26.4 Å². The number of aromatic nitrogens is 4. The summed E-state index contributed by atoms with van der Waals surface area (Å²) >= 11 is 0. The first-order chi connectivity index (χ1) is 16.1. The molecule has 0 fully saturated rings. The molecule has 5 rings (SSSR count). The number of carbonyl (C=O) groups excluding carboxylic acids is 1. The molecule has 1 aliphatic heterocycles. The molecule has 0 saturated heterocycles. The first kappa shape index (κ1) is 20.5. The predicted molar refractivity (Wildman–Crippen MR) is 124 cm³/mol. The molecule has 4 heterocycles. The zero-order chi connectivity index (χ0) is 22.8. The molecule has 1 atom stereocenters. The lowest BCUT2D eigenvalue weighted by Crippen LogP contribution is -2.23. The van der Waals surface area contributed by atoms with E-state index in [0.29, 0.717) is 36.3 Å². The molecule has 0 spiro atoms. The van der Waals surface area contributed by atoms with Gasteiger partial charge in [0.1, 0.15) is 29.9 Å². The van der Waals surface area contributed by atoms with Crippen LogP contribution in [0.15, 0.2) is 48.9 Å². The van der Waals surface area contributed by atoms with Crippen LogP contribution >= 0.6 is 0 Å². The molecule has 1 aliphatic rings. The third kappa shape index (κ3) is 4.34. The number of rotatable bonds is 6. The second-order valence-electron chi connectivity index (χ2n) is 7.57. The summed E-state index contributed by atoms with van der Waals surface area (Å²) in [4.78, 5) is 28.0. The molecule has 11 heteroatoms. The van der Waals surface area contributed by atoms with Gasteiger partial charge in [0.05, 0.1) is 11.3 Å². The summed E-state index contributed by atoms with van der Waals surface area (Å²) in [5, 5.41) is 20.2. The predicted octanol–water partition coefficient (Wildman–Crippen LogP) is 1.97. The Kier molecular flexibility index (Phi) is 5.37. The third-order valence-electron chi connectivity index (χ3n) is 5.25. The Morgan fingerprint density at radius 3 is 3.06 bits per heavy atom. The Bertz CT molecular complexity index is 1320. The van der Waals surface area contributed by atoms with Crippen molar-refractivity contribution >= 4 is 40.1 Å². The highest BCUT2D eigenvalue weighted by Gasteiger charge is 2.16. The molecule has 7 N–H and O–H groups in total. The molecule has 3 aromatic heterocycles. The van der Waals surface area contributed by atoms with Gasteiger partial charge in [-0.05, 0) is 35.9 Å². The number of aliphatic hydroxyl groups excluding tert-OH is 1. The molecule has 0 radical (unpaired) electrons. The zero-order valence-corrected chi connectivity index (χ0v) is 17.5. The number of hydrogen-bond acceptors (Lipinski definition) is 9. The van der Waals surface area contributed by atoms with Gasteiger partial charge in [-0.1, -0.05) is 0 Å². The van der Waals surface area contributed by atoms with E-state index in [2.05, 4.69) is 35.9 Å². The van der Waals surface area contributed by atoms with Crippen LogP contribution in [0.4, 0.5) is 23.1 Å². The highest BCUT2D eigenvalue weighted by molar-refractivity contribution is 5.97. The van der Waals surface area contributed by atoms with Gasteiger partial charge in [0.25, 0.3) is 5.91 Å². The summed E-state index contributed by atoms with van der Waals surface area (Å²) in [7, 11) is 0. The normalized spacial score (nSPS) is 15.1. The summed E-state index contributed by atoms with van der Waals surface area (Å²) in [5.41, 5.74) is 8.94. The first-order valence-electron chi connectivity index (χ1n) is 10.3. The number of carbonyl (C=O) groups is 1. The van der Waals surface area contributed by atoms with Gasteiger partial charge in [-0.2, -0.15) is 4.98 Å². The second-order valence-corrected chi connectivity index (χ2v) is 7.57. The number of aliphatic hydroxyl groups is 1. The summed E-state index contributed by atoms with van der Waals surface area (Å²) in [6, 6.07) is 9.29. The summed E-state index contributed by atoms with van der Waals surface area (Å²) < 4.78 is 5.59. The highest BCUT2D eigenvalue weighted by Crippen LogP contribution is 2.31. The van der Waals surface area contributed by atoms with Crippen LogP contribution in [0.3, 0.4) is 0 Å². The van der Waals surface area contributed by atoms with Gasteiger partial charge < -0.3 is 36.5 Å². The molecular weight excluding hydrogens is 424 g/mol. The molecule has 0 saturated carbocycles. The van der Waals surface area contributed by atoms with Crippen molar-refractivity contribution in [3.05, 3.63) is 60.0 Å². The Labute approximate surface area is 188 Å². The van der Waals surface area contributed by atoms with Crippen LogP contribution in [-0.2, 0) is 6.54 Å². The lowest BCUT2D eigenvalue weighted by atomic mass is 10.2. The third-order valence-corrected chi connectivity index (χ3v) is 5.25. The van der Waals surface area contributed by atoms with Gasteiger partial charge in [-0.25, -0.2) is 9.97 Å². The molecule has 33 heavy (non-hydrogen) atoms. The van der Waals surface area contributed by atoms with E-state index in [9.17, 15) is 9.90 Å². The average molecular weight is 446 g/mol. The maximum absolute atomic E-state index is 11.9. The van der Waals surface area contributed by atoms with E-state index < -0.39 is 12.0 Å². The number of anilines is 4.